The Morgan fingerprint density at radius 1 is 1.14 bits per heavy atom. The fourth-order valence-corrected chi connectivity index (χ4v) is 6.25. The van der Waals surface area contributed by atoms with Gasteiger partial charge in [0.15, 0.2) is 0 Å². The van der Waals surface area contributed by atoms with Crippen LogP contribution in [0.3, 0.4) is 0 Å². The van der Waals surface area contributed by atoms with Crippen LogP contribution in [0.4, 0.5) is 10.1 Å². The molecule has 1 spiro atoms. The van der Waals surface area contributed by atoms with Gasteiger partial charge in [0.2, 0.25) is 5.91 Å². The van der Waals surface area contributed by atoms with Crippen molar-refractivity contribution in [1.29, 1.82) is 0 Å². The van der Waals surface area contributed by atoms with E-state index in [2.05, 4.69) is 26.1 Å². The smallest absolute Gasteiger partial charge is 0.324 e. The maximum Gasteiger partial charge on any atom is 0.324 e. The number of nitrogens with zero attached hydrogens (tertiary/aromatic N) is 1. The third-order valence-electron chi connectivity index (χ3n) is 7.08. The number of nitrogens with one attached hydrogen (secondary N) is 1. The second kappa shape index (κ2) is 9.00. The number of fused-ring (bicyclic) bond motifs is 2. The molecular formula is C28H33Cl2FN2O3. The van der Waals surface area contributed by atoms with E-state index in [0.717, 1.165) is 0 Å². The molecule has 0 aliphatic carbocycles. The number of amides is 1. The fourth-order valence-electron chi connectivity index (χ4n) is 5.90. The van der Waals surface area contributed by atoms with Crippen LogP contribution in [0.2, 0.25) is 10.0 Å². The third kappa shape index (κ3) is 4.42. The molecule has 8 heteroatoms. The summed E-state index contributed by atoms with van der Waals surface area (Å²) in [6.45, 7) is 11.6. The molecule has 0 aromatic heterocycles. The molecule has 2 aromatic carbocycles. The molecule has 1 N–H and O–H groups in total. The molecule has 194 valence electrons. The maximum atomic E-state index is 15.8. The van der Waals surface area contributed by atoms with Gasteiger partial charge in [-0.05, 0) is 69.0 Å². The summed E-state index contributed by atoms with van der Waals surface area (Å²) in [7, 11) is 1.82. The van der Waals surface area contributed by atoms with Crippen molar-refractivity contribution in [2.24, 2.45) is 5.41 Å². The monoisotopic (exact) mass is 534 g/mol. The van der Waals surface area contributed by atoms with Crippen molar-refractivity contribution in [2.45, 2.75) is 77.0 Å². The number of halogens is 3. The zero-order valence-electron chi connectivity index (χ0n) is 21.7. The molecule has 4 unspecified atom stereocenters. The molecule has 2 heterocycles. The van der Waals surface area contributed by atoms with E-state index in [4.69, 9.17) is 27.9 Å². The Bertz CT molecular complexity index is 1220. The van der Waals surface area contributed by atoms with Crippen LogP contribution in [0.25, 0.3) is 0 Å². The summed E-state index contributed by atoms with van der Waals surface area (Å²) in [6.07, 6.45) is 0.566. The Hall–Kier alpha value is -2.15. The molecule has 1 amide bonds. The van der Waals surface area contributed by atoms with Crippen molar-refractivity contribution in [3.8, 4) is 0 Å². The van der Waals surface area contributed by atoms with E-state index in [-0.39, 0.29) is 21.9 Å². The third-order valence-corrected chi connectivity index (χ3v) is 7.61. The number of hydrogen-bond donors (Lipinski definition) is 1. The molecule has 0 saturated carbocycles. The van der Waals surface area contributed by atoms with Gasteiger partial charge >= 0.3 is 5.97 Å². The quantitative estimate of drug-likeness (QED) is 0.452. The van der Waals surface area contributed by atoms with Crippen molar-refractivity contribution in [3.63, 3.8) is 0 Å². The van der Waals surface area contributed by atoms with E-state index in [0.29, 0.717) is 22.7 Å². The lowest BCUT2D eigenvalue weighted by atomic mass is 9.62. The number of carbonyl (C=O) groups is 2. The number of likely N-dealkylation sites (N-methyl/N-ethyl adjacent to an activating group) is 1. The van der Waals surface area contributed by atoms with E-state index in [9.17, 15) is 9.59 Å². The minimum absolute atomic E-state index is 0.0674. The van der Waals surface area contributed by atoms with Gasteiger partial charge in [-0.2, -0.15) is 0 Å². The van der Waals surface area contributed by atoms with Gasteiger partial charge in [0, 0.05) is 22.7 Å². The molecule has 1 saturated heterocycles. The Kier molecular flexibility index (Phi) is 6.72. The van der Waals surface area contributed by atoms with Crippen LogP contribution in [0.1, 0.15) is 65.0 Å². The number of likely N-dealkylation sites (tertiary alicyclic amines) is 1. The van der Waals surface area contributed by atoms with Crippen LogP contribution in [-0.4, -0.2) is 41.5 Å². The van der Waals surface area contributed by atoms with Gasteiger partial charge < -0.3 is 10.1 Å². The number of ether oxygens (including phenoxy) is 1. The highest BCUT2D eigenvalue weighted by molar-refractivity contribution is 6.31. The normalized spacial score (nSPS) is 26.3. The first-order valence-electron chi connectivity index (χ1n) is 12.1. The molecule has 2 aliphatic rings. The maximum absolute atomic E-state index is 15.8. The van der Waals surface area contributed by atoms with Gasteiger partial charge in [0.25, 0.3) is 0 Å². The average molecular weight is 535 g/mol. The van der Waals surface area contributed by atoms with Crippen molar-refractivity contribution >= 4 is 40.8 Å². The van der Waals surface area contributed by atoms with Gasteiger partial charge in [-0.1, -0.05) is 62.2 Å². The first kappa shape index (κ1) is 26.9. The molecule has 0 radical (unpaired) electrons. The summed E-state index contributed by atoms with van der Waals surface area (Å²) in [5.41, 5.74) is -0.796. The van der Waals surface area contributed by atoms with Crippen LogP contribution < -0.4 is 5.32 Å². The first-order chi connectivity index (χ1) is 16.6. The van der Waals surface area contributed by atoms with Crippen LogP contribution in [-0.2, 0) is 19.7 Å². The minimum atomic E-state index is -1.28. The SMILES string of the molecule is CN1C(C(=O)OC(C)(C)C)C(c2cccc(Cl)c2F)C2(C(=O)Nc3cc(Cl)ccc32)C1CC(C)(C)C. The molecule has 1 fully saturated rings. The second-order valence-electron chi connectivity index (χ2n) is 12.1. The topological polar surface area (TPSA) is 58.6 Å². The molecular weight excluding hydrogens is 502 g/mol. The van der Waals surface area contributed by atoms with Crippen molar-refractivity contribution in [2.75, 3.05) is 12.4 Å². The number of carbonyl (C=O) groups excluding carboxylic acids is 2. The Labute approximate surface area is 222 Å². The number of esters is 1. The van der Waals surface area contributed by atoms with E-state index in [1.54, 1.807) is 45.0 Å². The molecule has 2 aromatic rings. The molecule has 4 rings (SSSR count). The summed E-state index contributed by atoms with van der Waals surface area (Å²) < 4.78 is 21.6. The number of hydrogen-bond acceptors (Lipinski definition) is 4. The first-order valence-corrected chi connectivity index (χ1v) is 12.8. The lowest BCUT2D eigenvalue weighted by molar-refractivity contribution is -0.160. The van der Waals surface area contributed by atoms with Crippen LogP contribution in [0.5, 0.6) is 0 Å². The summed E-state index contributed by atoms with van der Waals surface area (Å²) in [5, 5.41) is 3.40. The Morgan fingerprint density at radius 2 is 1.81 bits per heavy atom. The van der Waals surface area contributed by atoms with E-state index in [1.165, 1.54) is 6.07 Å². The van der Waals surface area contributed by atoms with Gasteiger partial charge in [0.1, 0.15) is 22.9 Å². The van der Waals surface area contributed by atoms with Crippen LogP contribution in [0.15, 0.2) is 36.4 Å². The second-order valence-corrected chi connectivity index (χ2v) is 12.9. The molecule has 4 atom stereocenters. The van der Waals surface area contributed by atoms with E-state index in [1.807, 2.05) is 18.0 Å². The number of benzene rings is 2. The summed E-state index contributed by atoms with van der Waals surface area (Å²) >= 11 is 12.5. The highest BCUT2D eigenvalue weighted by Crippen LogP contribution is 2.60. The Balaban J connectivity index is 2.07. The van der Waals surface area contributed by atoms with Gasteiger partial charge in [-0.3, -0.25) is 14.5 Å². The minimum Gasteiger partial charge on any atom is -0.459 e. The van der Waals surface area contributed by atoms with Gasteiger partial charge in [-0.25, -0.2) is 4.39 Å². The predicted molar refractivity (Wildman–Crippen MR) is 141 cm³/mol. The average Bonchev–Trinajstić information content (AvgIpc) is 3.14. The largest absolute Gasteiger partial charge is 0.459 e. The lowest BCUT2D eigenvalue weighted by Crippen LogP contribution is -2.50. The predicted octanol–water partition coefficient (Wildman–Crippen LogP) is 6.57. The standard InChI is InChI=1S/C28H33Cl2FN2O3/c1-26(2,3)14-20-28(17-12-11-15(29)13-19(17)32-25(28)35)21(16-9-8-10-18(30)22(16)31)23(33(20)7)24(34)36-27(4,5)6/h8-13,20-21,23H,14H2,1-7H3,(H,32,35). The van der Waals surface area contributed by atoms with Crippen LogP contribution in [0, 0.1) is 11.2 Å². The zero-order valence-corrected chi connectivity index (χ0v) is 23.2. The number of anilines is 1. The summed E-state index contributed by atoms with van der Waals surface area (Å²) in [6, 6.07) is 8.58. The molecule has 5 nitrogen and oxygen atoms in total. The molecule has 0 bridgehead atoms. The lowest BCUT2D eigenvalue weighted by Gasteiger charge is -2.39. The highest BCUT2D eigenvalue weighted by atomic mass is 35.5. The number of rotatable bonds is 3. The van der Waals surface area contributed by atoms with Gasteiger partial charge in [0.05, 0.1) is 5.02 Å². The molecule has 36 heavy (non-hydrogen) atoms. The van der Waals surface area contributed by atoms with Crippen molar-refractivity contribution in [1.82, 2.24) is 4.90 Å². The van der Waals surface area contributed by atoms with E-state index < -0.39 is 40.8 Å². The van der Waals surface area contributed by atoms with Gasteiger partial charge in [-0.15, -0.1) is 0 Å². The zero-order chi connectivity index (χ0) is 26.8. The van der Waals surface area contributed by atoms with E-state index >= 15 is 4.39 Å². The Morgan fingerprint density at radius 3 is 2.42 bits per heavy atom. The van der Waals surface area contributed by atoms with Crippen LogP contribution >= 0.6 is 23.2 Å². The van der Waals surface area contributed by atoms with Crippen molar-refractivity contribution < 1.29 is 18.7 Å². The fraction of sp³-hybridized carbons (Fsp3) is 0.500. The van der Waals surface area contributed by atoms with Crippen molar-refractivity contribution in [3.05, 3.63) is 63.4 Å². The highest BCUT2D eigenvalue weighted by Gasteiger charge is 2.69. The molecule has 2 aliphatic heterocycles. The summed E-state index contributed by atoms with van der Waals surface area (Å²) in [5.74, 6) is -2.35. The summed E-state index contributed by atoms with van der Waals surface area (Å²) in [4.78, 5) is 29.9.